The molecule has 2 heterocycles. The number of benzene rings is 1. The first-order valence-electron chi connectivity index (χ1n) is 4.71. The minimum absolute atomic E-state index is 0.403. The smallest absolute Gasteiger partial charge is 0.415 e. The number of hydrogen-bond acceptors (Lipinski definition) is 4. The predicted molar refractivity (Wildman–Crippen MR) is 59.2 cm³/mol. The van der Waals surface area contributed by atoms with Gasteiger partial charge in [-0.15, -0.1) is 0 Å². The maximum absolute atomic E-state index is 11.4. The molecule has 1 unspecified atom stereocenters. The minimum atomic E-state index is -0.809. The Balaban J connectivity index is 2.05. The van der Waals surface area contributed by atoms with Crippen LogP contribution in [0.3, 0.4) is 0 Å². The summed E-state index contributed by atoms with van der Waals surface area (Å²) in [4.78, 5) is 22.3. The molecular formula is C11H7NO3S. The lowest BCUT2D eigenvalue weighted by Crippen LogP contribution is -2.20. The lowest BCUT2D eigenvalue weighted by atomic mass is 10.1. The molecule has 0 saturated carbocycles. The third-order valence-electron chi connectivity index (χ3n) is 2.49. The molecule has 3 rings (SSSR count). The van der Waals surface area contributed by atoms with Crippen LogP contribution in [-0.2, 0) is 9.53 Å². The highest BCUT2D eigenvalue weighted by atomic mass is 32.1. The molecule has 1 fully saturated rings. The van der Waals surface area contributed by atoms with E-state index in [-0.39, 0.29) is 0 Å². The van der Waals surface area contributed by atoms with E-state index >= 15 is 0 Å². The summed E-state index contributed by atoms with van der Waals surface area (Å²) in [7, 11) is 0. The molecular weight excluding hydrogens is 226 g/mol. The first-order chi connectivity index (χ1) is 7.74. The summed E-state index contributed by atoms with van der Waals surface area (Å²) in [6.45, 7) is 0. The Hall–Kier alpha value is -1.88. The van der Waals surface area contributed by atoms with Crippen LogP contribution in [0.15, 0.2) is 29.0 Å². The highest BCUT2D eigenvalue weighted by Crippen LogP contribution is 2.27. The fourth-order valence-corrected chi connectivity index (χ4v) is 2.50. The number of alkyl carbamates (subject to hydrolysis) is 1. The van der Waals surface area contributed by atoms with E-state index in [1.165, 1.54) is 0 Å². The second kappa shape index (κ2) is 3.31. The van der Waals surface area contributed by atoms with Crippen LogP contribution in [0.5, 0.6) is 0 Å². The number of nitrogens with one attached hydrogen (secondary N) is 1. The molecule has 16 heavy (non-hydrogen) atoms. The lowest BCUT2D eigenvalue weighted by Gasteiger charge is -2.06. The van der Waals surface area contributed by atoms with Crippen molar-refractivity contribution in [1.82, 2.24) is 5.32 Å². The van der Waals surface area contributed by atoms with Crippen molar-refractivity contribution in [2.75, 3.05) is 0 Å². The Morgan fingerprint density at radius 1 is 1.19 bits per heavy atom. The third kappa shape index (κ3) is 1.37. The van der Waals surface area contributed by atoms with Crippen LogP contribution >= 0.6 is 11.3 Å². The maximum Gasteiger partial charge on any atom is 0.415 e. The molecule has 5 heteroatoms. The number of imide groups is 1. The molecule has 1 aromatic heterocycles. The van der Waals surface area contributed by atoms with Gasteiger partial charge in [0.1, 0.15) is 0 Å². The van der Waals surface area contributed by atoms with Crippen molar-refractivity contribution in [3.63, 3.8) is 0 Å². The monoisotopic (exact) mass is 233 g/mol. The number of ether oxygens (including phenoxy) is 1. The topological polar surface area (TPSA) is 55.4 Å². The zero-order chi connectivity index (χ0) is 11.1. The van der Waals surface area contributed by atoms with Crippen LogP contribution in [-0.4, -0.2) is 12.0 Å². The van der Waals surface area contributed by atoms with Gasteiger partial charge in [-0.05, 0) is 27.6 Å². The molecule has 0 bridgehead atoms. The summed E-state index contributed by atoms with van der Waals surface area (Å²) in [5.74, 6) is -0.403. The largest absolute Gasteiger partial charge is 0.431 e. The van der Waals surface area contributed by atoms with Gasteiger partial charge < -0.3 is 4.74 Å². The van der Waals surface area contributed by atoms with Crippen molar-refractivity contribution in [2.24, 2.45) is 0 Å². The van der Waals surface area contributed by atoms with Gasteiger partial charge in [0, 0.05) is 5.56 Å². The van der Waals surface area contributed by atoms with Crippen LogP contribution in [0.25, 0.3) is 10.8 Å². The molecule has 1 saturated heterocycles. The van der Waals surface area contributed by atoms with Crippen molar-refractivity contribution in [2.45, 2.75) is 6.10 Å². The first kappa shape index (κ1) is 9.35. The summed E-state index contributed by atoms with van der Waals surface area (Å²) >= 11 is 1.60. The van der Waals surface area contributed by atoms with Crippen LogP contribution in [0, 0.1) is 0 Å². The molecule has 1 aromatic carbocycles. The number of hydrogen-bond donors (Lipinski definition) is 1. The number of carbonyl (C=O) groups is 2. The van der Waals surface area contributed by atoms with Gasteiger partial charge in [0.05, 0.1) is 0 Å². The molecule has 0 spiro atoms. The van der Waals surface area contributed by atoms with Crippen LogP contribution in [0.1, 0.15) is 11.7 Å². The number of amides is 2. The summed E-state index contributed by atoms with van der Waals surface area (Å²) in [5.41, 5.74) is 0.703. The van der Waals surface area contributed by atoms with Crippen LogP contribution in [0.4, 0.5) is 4.79 Å². The number of fused-ring (bicyclic) bond motifs is 1. The molecule has 2 aromatic rings. The number of thiophene rings is 1. The fraction of sp³-hybridized carbons (Fsp3) is 0.0909. The minimum Gasteiger partial charge on any atom is -0.431 e. The maximum atomic E-state index is 11.4. The van der Waals surface area contributed by atoms with Gasteiger partial charge in [-0.1, -0.05) is 12.1 Å². The number of carbonyl (C=O) groups excluding carboxylic acids is 2. The predicted octanol–water partition coefficient (Wildman–Crippen LogP) is 2.21. The first-order valence-corrected chi connectivity index (χ1v) is 5.66. The molecule has 0 aliphatic carbocycles. The van der Waals surface area contributed by atoms with E-state index in [4.69, 9.17) is 4.74 Å². The summed E-state index contributed by atoms with van der Waals surface area (Å²) in [5, 5.41) is 8.31. The van der Waals surface area contributed by atoms with E-state index in [0.29, 0.717) is 5.56 Å². The Bertz CT molecular complexity index is 590. The van der Waals surface area contributed by atoms with Gasteiger partial charge in [-0.2, -0.15) is 11.3 Å². The zero-order valence-electron chi connectivity index (χ0n) is 8.10. The summed E-state index contributed by atoms with van der Waals surface area (Å²) < 4.78 is 4.89. The van der Waals surface area contributed by atoms with E-state index in [1.54, 1.807) is 17.4 Å². The van der Waals surface area contributed by atoms with E-state index in [1.807, 2.05) is 22.9 Å². The quantitative estimate of drug-likeness (QED) is 0.821. The molecule has 1 aliphatic heterocycles. The Morgan fingerprint density at radius 2 is 2.00 bits per heavy atom. The highest BCUT2D eigenvalue weighted by molar-refractivity contribution is 7.09. The molecule has 1 N–H and O–H groups in total. The highest BCUT2D eigenvalue weighted by Gasteiger charge is 2.33. The average Bonchev–Trinajstić information content (AvgIpc) is 2.83. The van der Waals surface area contributed by atoms with Gasteiger partial charge in [-0.3, -0.25) is 10.1 Å². The van der Waals surface area contributed by atoms with E-state index in [2.05, 4.69) is 5.32 Å². The van der Waals surface area contributed by atoms with Crippen molar-refractivity contribution in [1.29, 1.82) is 0 Å². The second-order valence-corrected chi connectivity index (χ2v) is 4.28. The van der Waals surface area contributed by atoms with Gasteiger partial charge >= 0.3 is 6.09 Å². The van der Waals surface area contributed by atoms with Gasteiger partial charge in [0.25, 0.3) is 5.91 Å². The van der Waals surface area contributed by atoms with Crippen molar-refractivity contribution < 1.29 is 14.3 Å². The third-order valence-corrected chi connectivity index (χ3v) is 3.27. The van der Waals surface area contributed by atoms with Crippen molar-refractivity contribution in [3.05, 3.63) is 34.5 Å². The Kier molecular flexibility index (Phi) is 1.94. The van der Waals surface area contributed by atoms with Gasteiger partial charge in [0.15, 0.2) is 0 Å². The van der Waals surface area contributed by atoms with E-state index in [9.17, 15) is 9.59 Å². The lowest BCUT2D eigenvalue weighted by molar-refractivity contribution is -0.123. The molecule has 1 atom stereocenters. The Labute approximate surface area is 94.8 Å². The SMILES string of the molecule is O=C1NC(=O)C(c2ccc3cscc3c2)O1. The number of rotatable bonds is 1. The summed E-state index contributed by atoms with van der Waals surface area (Å²) in [6, 6.07) is 5.59. The van der Waals surface area contributed by atoms with Crippen molar-refractivity contribution >= 4 is 34.1 Å². The fourth-order valence-electron chi connectivity index (χ4n) is 1.72. The second-order valence-electron chi connectivity index (χ2n) is 3.53. The summed E-state index contributed by atoms with van der Waals surface area (Å²) in [6.07, 6.45) is -1.49. The van der Waals surface area contributed by atoms with Gasteiger partial charge in [-0.25, -0.2) is 4.79 Å². The van der Waals surface area contributed by atoms with Gasteiger partial charge in [0.2, 0.25) is 6.10 Å². The average molecular weight is 233 g/mol. The van der Waals surface area contributed by atoms with Crippen LogP contribution < -0.4 is 5.32 Å². The molecule has 0 radical (unpaired) electrons. The molecule has 4 nitrogen and oxygen atoms in total. The van der Waals surface area contributed by atoms with E-state index < -0.39 is 18.1 Å². The van der Waals surface area contributed by atoms with Crippen LogP contribution in [0.2, 0.25) is 0 Å². The number of cyclic esters (lactones) is 1. The van der Waals surface area contributed by atoms with Crippen molar-refractivity contribution in [3.8, 4) is 0 Å². The molecule has 2 amide bonds. The van der Waals surface area contributed by atoms with E-state index in [0.717, 1.165) is 10.8 Å². The normalized spacial score (nSPS) is 19.9. The standard InChI is InChI=1S/C11H7NO3S/c13-10-9(15-11(14)12-10)6-1-2-7-4-16-5-8(7)3-6/h1-5,9H,(H,12,13,14). The molecule has 1 aliphatic rings. The molecule has 80 valence electrons. The Morgan fingerprint density at radius 3 is 2.75 bits per heavy atom. The zero-order valence-corrected chi connectivity index (χ0v) is 8.91.